The van der Waals surface area contributed by atoms with Crippen molar-refractivity contribution in [1.29, 1.82) is 0 Å². The fourth-order valence-electron chi connectivity index (χ4n) is 9.82. The number of allylic oxidation sites excluding steroid dienone is 14. The van der Waals surface area contributed by atoms with Gasteiger partial charge >= 0.3 is 17.9 Å². The molecule has 0 aliphatic rings. The molecule has 6 nitrogen and oxygen atoms in total. The highest BCUT2D eigenvalue weighted by Crippen LogP contribution is 2.18. The second kappa shape index (κ2) is 67.1. The zero-order valence-electron chi connectivity index (χ0n) is 52.4. The van der Waals surface area contributed by atoms with Gasteiger partial charge in [-0.15, -0.1) is 0 Å². The highest BCUT2D eigenvalue weighted by molar-refractivity contribution is 5.71. The van der Waals surface area contributed by atoms with Gasteiger partial charge in [-0.3, -0.25) is 14.4 Å². The maximum absolute atomic E-state index is 12.8. The van der Waals surface area contributed by atoms with E-state index in [1.54, 1.807) is 0 Å². The number of hydrogen-bond donors (Lipinski definition) is 0. The molecule has 0 spiro atoms. The van der Waals surface area contributed by atoms with Gasteiger partial charge in [-0.05, 0) is 83.5 Å². The minimum absolute atomic E-state index is 0.103. The lowest BCUT2D eigenvalue weighted by atomic mass is 10.0. The molecule has 456 valence electrons. The molecule has 0 aromatic carbocycles. The van der Waals surface area contributed by atoms with E-state index in [9.17, 15) is 14.4 Å². The fourth-order valence-corrected chi connectivity index (χ4v) is 9.82. The van der Waals surface area contributed by atoms with Crippen molar-refractivity contribution in [3.05, 3.63) is 85.1 Å². The molecule has 0 fully saturated rings. The van der Waals surface area contributed by atoms with Crippen molar-refractivity contribution < 1.29 is 28.6 Å². The number of unbranched alkanes of at least 4 members (excludes halogenated alkanes) is 37. The minimum atomic E-state index is -0.813. The van der Waals surface area contributed by atoms with E-state index in [-0.39, 0.29) is 37.5 Å². The van der Waals surface area contributed by atoms with Crippen LogP contribution in [0.2, 0.25) is 0 Å². The van der Waals surface area contributed by atoms with E-state index in [1.165, 1.54) is 218 Å². The first-order valence-corrected chi connectivity index (χ1v) is 34.1. The van der Waals surface area contributed by atoms with Crippen LogP contribution in [0.25, 0.3) is 0 Å². The van der Waals surface area contributed by atoms with E-state index < -0.39 is 6.10 Å². The summed E-state index contributed by atoms with van der Waals surface area (Å²) in [4.78, 5) is 38.0. The molecule has 6 heteroatoms. The van der Waals surface area contributed by atoms with Crippen LogP contribution in [0.4, 0.5) is 0 Å². The molecule has 0 saturated carbocycles. The number of ether oxygens (including phenoxy) is 3. The van der Waals surface area contributed by atoms with Gasteiger partial charge < -0.3 is 14.2 Å². The van der Waals surface area contributed by atoms with Crippen molar-refractivity contribution in [2.24, 2.45) is 0 Å². The van der Waals surface area contributed by atoms with E-state index in [0.717, 1.165) is 77.0 Å². The van der Waals surface area contributed by atoms with Gasteiger partial charge in [-0.25, -0.2) is 0 Å². The summed E-state index contributed by atoms with van der Waals surface area (Å²) in [5.41, 5.74) is 0. The summed E-state index contributed by atoms with van der Waals surface area (Å²) in [6.07, 6.45) is 89.6. The summed E-state index contributed by atoms with van der Waals surface area (Å²) in [5, 5.41) is 0. The fraction of sp³-hybridized carbons (Fsp3) is 0.767. The van der Waals surface area contributed by atoms with Crippen LogP contribution in [0.5, 0.6) is 0 Å². The normalized spacial score (nSPS) is 12.6. The summed E-state index contributed by atoms with van der Waals surface area (Å²) in [5.74, 6) is -0.984. The minimum Gasteiger partial charge on any atom is -0.462 e. The summed E-state index contributed by atoms with van der Waals surface area (Å²) in [6.45, 7) is 6.45. The third-order valence-electron chi connectivity index (χ3n) is 14.9. The zero-order valence-corrected chi connectivity index (χ0v) is 52.4. The number of carbonyl (C=O) groups excluding carboxylic acids is 3. The van der Waals surface area contributed by atoms with Crippen LogP contribution in [0.3, 0.4) is 0 Å². The number of hydrogen-bond acceptors (Lipinski definition) is 6. The van der Waals surface area contributed by atoms with Crippen LogP contribution in [0, 0.1) is 0 Å². The van der Waals surface area contributed by atoms with Gasteiger partial charge in [0.2, 0.25) is 0 Å². The third kappa shape index (κ3) is 65.3. The van der Waals surface area contributed by atoms with Crippen LogP contribution >= 0.6 is 0 Å². The van der Waals surface area contributed by atoms with Crippen molar-refractivity contribution in [2.75, 3.05) is 13.2 Å². The van der Waals surface area contributed by atoms with Gasteiger partial charge in [-0.1, -0.05) is 324 Å². The van der Waals surface area contributed by atoms with E-state index in [4.69, 9.17) is 14.2 Å². The van der Waals surface area contributed by atoms with E-state index in [0.29, 0.717) is 19.3 Å². The summed E-state index contributed by atoms with van der Waals surface area (Å²) in [6, 6.07) is 0. The maximum Gasteiger partial charge on any atom is 0.306 e. The average molecular weight is 1100 g/mol. The van der Waals surface area contributed by atoms with Crippen molar-refractivity contribution in [1.82, 2.24) is 0 Å². The molecule has 0 aromatic heterocycles. The highest BCUT2D eigenvalue weighted by Gasteiger charge is 2.19. The first-order valence-electron chi connectivity index (χ1n) is 34.1. The van der Waals surface area contributed by atoms with Crippen molar-refractivity contribution in [3.63, 3.8) is 0 Å². The molecular formula is C73H128O6. The molecule has 1 unspecified atom stereocenters. The van der Waals surface area contributed by atoms with Crippen LogP contribution in [-0.4, -0.2) is 37.2 Å². The molecule has 0 rings (SSSR count). The van der Waals surface area contributed by atoms with Gasteiger partial charge in [0.05, 0.1) is 0 Å². The second-order valence-corrected chi connectivity index (χ2v) is 22.7. The predicted molar refractivity (Wildman–Crippen MR) is 344 cm³/mol. The van der Waals surface area contributed by atoms with Crippen LogP contribution in [0.15, 0.2) is 85.1 Å². The quantitative estimate of drug-likeness (QED) is 0.0261. The molecule has 0 N–H and O–H groups in total. The van der Waals surface area contributed by atoms with Gasteiger partial charge in [0.1, 0.15) is 13.2 Å². The van der Waals surface area contributed by atoms with Crippen LogP contribution < -0.4 is 0 Å². The molecule has 0 saturated heterocycles. The van der Waals surface area contributed by atoms with E-state index in [1.807, 2.05) is 6.08 Å². The standard InChI is InChI=1S/C73H128O6/c1-4-7-10-13-16-18-20-22-24-26-28-29-30-31-32-33-34-35-36-37-38-39-40-41-42-43-45-46-48-50-52-54-57-60-63-66-72(75)78-69-70(68-77-71(74)65-62-59-56-15-12-9-6-3)79-73(76)67-64-61-58-55-53-51-49-47-44-27-25-23-21-19-17-14-11-8-5-2/h8,11,17,19,23,25-26,28,44,47,51,53,58,61,70H,4-7,9-10,12-16,18,20-22,24,27,29-43,45-46,48-50,52,54-57,59-60,62-69H2,1-3H3/b11-8-,19-17-,25-23-,28-26-,47-44-,53-51-,61-58-. The molecule has 1 atom stereocenters. The monoisotopic (exact) mass is 1100 g/mol. The Morgan fingerprint density at radius 1 is 0.266 bits per heavy atom. The van der Waals surface area contributed by atoms with Crippen LogP contribution in [-0.2, 0) is 28.6 Å². The van der Waals surface area contributed by atoms with E-state index in [2.05, 4.69) is 99.8 Å². The van der Waals surface area contributed by atoms with Crippen molar-refractivity contribution in [3.8, 4) is 0 Å². The Kier molecular flexibility index (Phi) is 64.2. The molecule has 0 aromatic rings. The SMILES string of the molecule is CC/C=C\C/C=C\C/C=C\C/C=C\C/C=C\C/C=C\CCC(=O)OC(COC(=O)CCCCCCCCC)COC(=O)CCCCCCCCCCCCCCCCCCCCCCCCC/C=C\CCCCCCCCCC. The molecule has 0 aliphatic heterocycles. The third-order valence-corrected chi connectivity index (χ3v) is 14.9. The Bertz CT molecular complexity index is 1500. The Labute approximate surface area is 490 Å². The molecule has 0 aliphatic carbocycles. The topological polar surface area (TPSA) is 78.9 Å². The van der Waals surface area contributed by atoms with Gasteiger partial charge in [0, 0.05) is 19.3 Å². The zero-order chi connectivity index (χ0) is 57.1. The van der Waals surface area contributed by atoms with Gasteiger partial charge in [0.25, 0.3) is 0 Å². The van der Waals surface area contributed by atoms with Crippen molar-refractivity contribution in [2.45, 2.75) is 348 Å². The number of carbonyl (C=O) groups is 3. The molecule has 79 heavy (non-hydrogen) atoms. The largest absolute Gasteiger partial charge is 0.462 e. The van der Waals surface area contributed by atoms with Crippen molar-refractivity contribution >= 4 is 17.9 Å². The lowest BCUT2D eigenvalue weighted by Gasteiger charge is -2.18. The Morgan fingerprint density at radius 3 is 0.823 bits per heavy atom. The number of esters is 3. The maximum atomic E-state index is 12.8. The Balaban J connectivity index is 4.02. The second-order valence-electron chi connectivity index (χ2n) is 22.7. The van der Waals surface area contributed by atoms with Gasteiger partial charge in [0.15, 0.2) is 6.10 Å². The smallest absolute Gasteiger partial charge is 0.306 e. The Morgan fingerprint density at radius 2 is 0.519 bits per heavy atom. The number of rotatable bonds is 62. The molecule has 0 heterocycles. The summed E-state index contributed by atoms with van der Waals surface area (Å²) < 4.78 is 16.8. The summed E-state index contributed by atoms with van der Waals surface area (Å²) in [7, 11) is 0. The predicted octanol–water partition coefficient (Wildman–Crippen LogP) is 23.4. The lowest BCUT2D eigenvalue weighted by Crippen LogP contribution is -2.30. The van der Waals surface area contributed by atoms with Gasteiger partial charge in [-0.2, -0.15) is 0 Å². The van der Waals surface area contributed by atoms with E-state index >= 15 is 0 Å². The molecular weight excluding hydrogens is 973 g/mol. The first-order chi connectivity index (χ1) is 39.0. The Hall–Kier alpha value is -3.41. The molecule has 0 radical (unpaired) electrons. The molecule has 0 bridgehead atoms. The summed E-state index contributed by atoms with van der Waals surface area (Å²) >= 11 is 0. The highest BCUT2D eigenvalue weighted by atomic mass is 16.6. The average Bonchev–Trinajstić information content (AvgIpc) is 3.45. The first kappa shape index (κ1) is 75.6. The van der Waals surface area contributed by atoms with Crippen LogP contribution in [0.1, 0.15) is 342 Å². The lowest BCUT2D eigenvalue weighted by molar-refractivity contribution is -0.166. The molecule has 0 amide bonds.